The minimum Gasteiger partial charge on any atom is -0.497 e. The molecular formula is C19H26N4O. The normalized spacial score (nSPS) is 24.9. The number of benzene rings is 1. The molecule has 5 nitrogen and oxygen atoms in total. The van der Waals surface area contributed by atoms with E-state index in [1.807, 2.05) is 18.3 Å². The van der Waals surface area contributed by atoms with Gasteiger partial charge < -0.3 is 14.2 Å². The van der Waals surface area contributed by atoms with Crippen LogP contribution in [-0.2, 0) is 6.54 Å². The molecule has 3 aliphatic heterocycles. The van der Waals surface area contributed by atoms with Crippen molar-refractivity contribution in [3.8, 4) is 11.4 Å². The summed E-state index contributed by atoms with van der Waals surface area (Å²) in [6.07, 6.45) is 6.65. The molecule has 0 saturated carbocycles. The van der Waals surface area contributed by atoms with Crippen LogP contribution in [0.15, 0.2) is 36.7 Å². The van der Waals surface area contributed by atoms with Crippen molar-refractivity contribution >= 4 is 0 Å². The van der Waals surface area contributed by atoms with Crippen molar-refractivity contribution in [2.75, 3.05) is 33.8 Å². The molecule has 0 amide bonds. The van der Waals surface area contributed by atoms with Crippen LogP contribution < -0.4 is 4.74 Å². The fourth-order valence-corrected chi connectivity index (χ4v) is 4.22. The van der Waals surface area contributed by atoms with Crippen LogP contribution >= 0.6 is 0 Å². The van der Waals surface area contributed by atoms with Crippen molar-refractivity contribution in [2.24, 2.45) is 5.92 Å². The van der Waals surface area contributed by atoms with E-state index < -0.39 is 0 Å². The Kier molecular flexibility index (Phi) is 4.29. The topological polar surface area (TPSA) is 33.5 Å². The summed E-state index contributed by atoms with van der Waals surface area (Å²) in [5.41, 5.74) is 1.14. The highest BCUT2D eigenvalue weighted by molar-refractivity contribution is 5.38. The third kappa shape index (κ3) is 3.06. The number of fused-ring (bicyclic) bond motifs is 4. The molecule has 128 valence electrons. The molecule has 2 atom stereocenters. The zero-order valence-electron chi connectivity index (χ0n) is 14.6. The lowest BCUT2D eigenvalue weighted by atomic mass is 9.95. The number of likely N-dealkylation sites (N-methyl/N-ethyl adjacent to an activating group) is 1. The Hall–Kier alpha value is -1.85. The Morgan fingerprint density at radius 3 is 2.75 bits per heavy atom. The number of piperidine rings is 1. The molecule has 4 heterocycles. The predicted molar refractivity (Wildman–Crippen MR) is 94.5 cm³/mol. The fraction of sp³-hybridized carbons (Fsp3) is 0.526. The van der Waals surface area contributed by atoms with E-state index in [1.165, 1.54) is 32.5 Å². The number of rotatable bonds is 4. The summed E-state index contributed by atoms with van der Waals surface area (Å²) >= 11 is 0. The maximum Gasteiger partial charge on any atom is 0.127 e. The van der Waals surface area contributed by atoms with Crippen LogP contribution in [0.1, 0.15) is 18.7 Å². The molecule has 5 rings (SSSR count). The zero-order valence-corrected chi connectivity index (χ0v) is 14.6. The Labute approximate surface area is 143 Å². The summed E-state index contributed by atoms with van der Waals surface area (Å²) in [4.78, 5) is 9.78. The Balaban J connectivity index is 1.54. The molecule has 0 unspecified atom stereocenters. The van der Waals surface area contributed by atoms with Crippen LogP contribution in [0.4, 0.5) is 0 Å². The van der Waals surface area contributed by atoms with Gasteiger partial charge in [0.15, 0.2) is 0 Å². The molecule has 3 aliphatic rings. The van der Waals surface area contributed by atoms with Gasteiger partial charge in [0.25, 0.3) is 0 Å². The van der Waals surface area contributed by atoms with Gasteiger partial charge in [-0.2, -0.15) is 0 Å². The van der Waals surface area contributed by atoms with Crippen LogP contribution in [0.5, 0.6) is 5.75 Å². The van der Waals surface area contributed by atoms with E-state index in [0.29, 0.717) is 6.04 Å². The van der Waals surface area contributed by atoms with Gasteiger partial charge >= 0.3 is 0 Å². The average molecular weight is 326 g/mol. The van der Waals surface area contributed by atoms with Crippen molar-refractivity contribution in [2.45, 2.75) is 25.4 Å². The number of methoxy groups -OCH3 is 1. The van der Waals surface area contributed by atoms with Crippen LogP contribution in [0.2, 0.25) is 0 Å². The molecule has 1 aromatic heterocycles. The van der Waals surface area contributed by atoms with Gasteiger partial charge in [0.1, 0.15) is 11.6 Å². The number of nitrogens with zero attached hydrogens (tertiary/aromatic N) is 4. The molecule has 0 N–H and O–H groups in total. The van der Waals surface area contributed by atoms with E-state index in [0.717, 1.165) is 29.7 Å². The molecule has 2 aromatic rings. The monoisotopic (exact) mass is 326 g/mol. The molecule has 0 radical (unpaired) electrons. The number of aromatic nitrogens is 2. The van der Waals surface area contributed by atoms with Gasteiger partial charge in [0, 0.05) is 43.8 Å². The van der Waals surface area contributed by atoms with Gasteiger partial charge in [-0.1, -0.05) is 0 Å². The third-order valence-corrected chi connectivity index (χ3v) is 5.42. The largest absolute Gasteiger partial charge is 0.497 e. The van der Waals surface area contributed by atoms with Crippen molar-refractivity contribution < 1.29 is 4.74 Å². The third-order valence-electron chi connectivity index (χ3n) is 5.42. The SMILES string of the molecule is COc1ccc(-n2ccnc2CN2C[C@H]3CC[C@@H]2CN(C)C3)cc1. The quantitative estimate of drug-likeness (QED) is 0.864. The van der Waals surface area contributed by atoms with Gasteiger partial charge in [-0.05, 0) is 50.1 Å². The molecular weight excluding hydrogens is 300 g/mol. The van der Waals surface area contributed by atoms with E-state index in [2.05, 4.69) is 44.7 Å². The summed E-state index contributed by atoms with van der Waals surface area (Å²) in [6, 6.07) is 8.85. The first-order valence-corrected chi connectivity index (χ1v) is 8.82. The second kappa shape index (κ2) is 6.57. The first-order valence-electron chi connectivity index (χ1n) is 8.82. The molecule has 24 heavy (non-hydrogen) atoms. The van der Waals surface area contributed by atoms with Crippen molar-refractivity contribution in [3.05, 3.63) is 42.5 Å². The number of imidazole rings is 1. The van der Waals surface area contributed by atoms with Gasteiger partial charge in [-0.15, -0.1) is 0 Å². The van der Waals surface area contributed by atoms with E-state index in [4.69, 9.17) is 4.74 Å². The van der Waals surface area contributed by atoms with E-state index in [-0.39, 0.29) is 0 Å². The first kappa shape index (κ1) is 15.7. The predicted octanol–water partition coefficient (Wildman–Crippen LogP) is 2.41. The first-order chi connectivity index (χ1) is 11.7. The summed E-state index contributed by atoms with van der Waals surface area (Å²) in [7, 11) is 3.95. The molecule has 0 aliphatic carbocycles. The molecule has 5 heteroatoms. The smallest absolute Gasteiger partial charge is 0.127 e. The summed E-state index contributed by atoms with van der Waals surface area (Å²) in [5, 5.41) is 0. The minimum absolute atomic E-state index is 0.662. The van der Waals surface area contributed by atoms with Crippen molar-refractivity contribution in [3.63, 3.8) is 0 Å². The summed E-state index contributed by atoms with van der Waals surface area (Å²) < 4.78 is 7.45. The number of ether oxygens (including phenoxy) is 1. The van der Waals surface area contributed by atoms with Crippen LogP contribution in [0.3, 0.4) is 0 Å². The highest BCUT2D eigenvalue weighted by Gasteiger charge is 2.33. The lowest BCUT2D eigenvalue weighted by Gasteiger charge is -2.35. The lowest BCUT2D eigenvalue weighted by molar-refractivity contribution is 0.120. The average Bonchev–Trinajstić information content (AvgIpc) is 2.90. The lowest BCUT2D eigenvalue weighted by Crippen LogP contribution is -2.43. The van der Waals surface area contributed by atoms with Gasteiger partial charge in [-0.25, -0.2) is 4.98 Å². The Morgan fingerprint density at radius 2 is 1.96 bits per heavy atom. The van der Waals surface area contributed by atoms with Crippen LogP contribution in [0.25, 0.3) is 5.69 Å². The number of hydrogen-bond donors (Lipinski definition) is 0. The van der Waals surface area contributed by atoms with E-state index in [1.54, 1.807) is 7.11 Å². The molecule has 2 bridgehead atoms. The fourth-order valence-electron chi connectivity index (χ4n) is 4.22. The minimum atomic E-state index is 0.662. The molecule has 1 aromatic carbocycles. The van der Waals surface area contributed by atoms with Crippen LogP contribution in [0, 0.1) is 5.92 Å². The molecule has 3 saturated heterocycles. The Bertz CT molecular complexity index is 681. The second-order valence-electron chi connectivity index (χ2n) is 7.16. The van der Waals surface area contributed by atoms with Gasteiger partial charge in [0.05, 0.1) is 13.7 Å². The highest BCUT2D eigenvalue weighted by Crippen LogP contribution is 2.28. The Morgan fingerprint density at radius 1 is 1.12 bits per heavy atom. The zero-order chi connectivity index (χ0) is 16.5. The molecule has 3 fully saturated rings. The number of hydrogen-bond acceptors (Lipinski definition) is 4. The van der Waals surface area contributed by atoms with Crippen molar-refractivity contribution in [1.29, 1.82) is 0 Å². The second-order valence-corrected chi connectivity index (χ2v) is 7.16. The highest BCUT2D eigenvalue weighted by atomic mass is 16.5. The standard InChI is InChI=1S/C19H26N4O/c1-21-11-15-3-4-17(13-21)22(12-15)14-19-20-9-10-23(19)16-5-7-18(24-2)8-6-16/h5-10,15,17H,3-4,11-14H2,1-2H3/t15-,17+/m0/s1. The van der Waals surface area contributed by atoms with E-state index in [9.17, 15) is 0 Å². The molecule has 0 spiro atoms. The summed E-state index contributed by atoms with van der Waals surface area (Å²) in [5.74, 6) is 2.81. The van der Waals surface area contributed by atoms with Crippen molar-refractivity contribution in [1.82, 2.24) is 19.4 Å². The van der Waals surface area contributed by atoms with Gasteiger partial charge in [-0.3, -0.25) is 4.90 Å². The maximum absolute atomic E-state index is 5.26. The summed E-state index contributed by atoms with van der Waals surface area (Å²) in [6.45, 7) is 4.54. The maximum atomic E-state index is 5.26. The van der Waals surface area contributed by atoms with E-state index >= 15 is 0 Å². The van der Waals surface area contributed by atoms with Gasteiger partial charge in [0.2, 0.25) is 0 Å². The van der Waals surface area contributed by atoms with Crippen LogP contribution in [-0.4, -0.2) is 59.2 Å².